The van der Waals surface area contributed by atoms with Crippen molar-refractivity contribution in [2.24, 2.45) is 5.92 Å². The largest absolute Gasteiger partial charge is 0.497 e. The van der Waals surface area contributed by atoms with Crippen LogP contribution in [0.25, 0.3) is 10.8 Å². The Morgan fingerprint density at radius 2 is 1.58 bits per heavy atom. The summed E-state index contributed by atoms with van der Waals surface area (Å²) in [5.74, 6) is -1.81. The Morgan fingerprint density at radius 3 is 2.18 bits per heavy atom. The van der Waals surface area contributed by atoms with Crippen molar-refractivity contribution in [3.8, 4) is 5.75 Å². The highest BCUT2D eigenvalue weighted by molar-refractivity contribution is 7.90. The van der Waals surface area contributed by atoms with Crippen molar-refractivity contribution in [3.05, 3.63) is 72.3 Å². The van der Waals surface area contributed by atoms with Crippen LogP contribution in [0.3, 0.4) is 0 Å². The number of nitrogens with zero attached hydrogens (tertiary/aromatic N) is 1. The molecule has 33 heavy (non-hydrogen) atoms. The van der Waals surface area contributed by atoms with Crippen LogP contribution < -0.4 is 9.46 Å². The number of sulfonamides is 1. The molecule has 1 N–H and O–H groups in total. The molecule has 3 aromatic carbocycles. The van der Waals surface area contributed by atoms with Crippen LogP contribution in [0.1, 0.15) is 19.4 Å². The van der Waals surface area contributed by atoms with Gasteiger partial charge in [-0.05, 0) is 60.9 Å². The molecule has 7 nitrogen and oxygen atoms in total. The van der Waals surface area contributed by atoms with Crippen LogP contribution in [0.4, 0.5) is 0 Å². The molecule has 0 radical (unpaired) electrons. The van der Waals surface area contributed by atoms with E-state index in [0.717, 1.165) is 16.3 Å². The van der Waals surface area contributed by atoms with E-state index in [2.05, 4.69) is 4.72 Å². The van der Waals surface area contributed by atoms with Gasteiger partial charge in [-0.2, -0.15) is 0 Å². The number of amides is 2. The molecule has 2 amide bonds. The zero-order valence-electron chi connectivity index (χ0n) is 18.9. The van der Waals surface area contributed by atoms with E-state index < -0.39 is 27.8 Å². The zero-order chi connectivity index (χ0) is 24.0. The lowest BCUT2D eigenvalue weighted by Gasteiger charge is -2.24. The van der Waals surface area contributed by atoms with Crippen LogP contribution in [0, 0.1) is 5.92 Å². The molecule has 3 aromatic rings. The Bertz CT molecular complexity index is 1240. The van der Waals surface area contributed by atoms with Crippen molar-refractivity contribution in [3.63, 3.8) is 0 Å². The molecule has 0 fully saturated rings. The maximum absolute atomic E-state index is 13.1. The van der Waals surface area contributed by atoms with E-state index >= 15 is 0 Å². The summed E-state index contributed by atoms with van der Waals surface area (Å²) >= 11 is 0. The van der Waals surface area contributed by atoms with E-state index in [0.29, 0.717) is 18.8 Å². The summed E-state index contributed by atoms with van der Waals surface area (Å²) in [7, 11) is -2.61. The number of carbonyl (C=O) groups excluding carboxylic acids is 2. The molecule has 0 saturated heterocycles. The van der Waals surface area contributed by atoms with E-state index in [4.69, 9.17) is 4.74 Å². The van der Waals surface area contributed by atoms with Gasteiger partial charge in [-0.3, -0.25) is 9.59 Å². The van der Waals surface area contributed by atoms with Gasteiger partial charge in [0, 0.05) is 13.1 Å². The molecule has 8 heteroatoms. The molecule has 174 valence electrons. The van der Waals surface area contributed by atoms with E-state index in [9.17, 15) is 18.0 Å². The van der Waals surface area contributed by atoms with Gasteiger partial charge in [0.2, 0.25) is 11.8 Å². The average Bonchev–Trinajstić information content (AvgIpc) is 2.82. The van der Waals surface area contributed by atoms with Crippen molar-refractivity contribution in [2.45, 2.75) is 25.2 Å². The normalized spacial score (nSPS) is 12.2. The highest BCUT2D eigenvalue weighted by Crippen LogP contribution is 2.21. The number of nitrogens with one attached hydrogen (secondary N) is 1. The van der Waals surface area contributed by atoms with Gasteiger partial charge in [0.05, 0.1) is 12.0 Å². The highest BCUT2D eigenvalue weighted by atomic mass is 32.2. The van der Waals surface area contributed by atoms with E-state index in [1.807, 2.05) is 32.0 Å². The number of ether oxygens (including phenoxy) is 1. The standard InChI is InChI=1S/C25H28N2O5S/c1-4-27(5-2)25(29)23(16-18-10-13-21(32-3)14-11-18)24(28)26-33(30,31)22-15-12-19-8-6-7-9-20(19)17-22/h6-15,17,23H,4-5,16H2,1-3H3,(H,26,28). The first-order valence-corrected chi connectivity index (χ1v) is 12.2. The lowest BCUT2D eigenvalue weighted by molar-refractivity contribution is -0.141. The van der Waals surface area contributed by atoms with E-state index in [1.54, 1.807) is 43.5 Å². The van der Waals surface area contributed by atoms with Crippen LogP contribution in [0.5, 0.6) is 5.75 Å². The molecular formula is C25H28N2O5S. The fourth-order valence-electron chi connectivity index (χ4n) is 3.64. The van der Waals surface area contributed by atoms with Gasteiger partial charge in [-0.25, -0.2) is 13.1 Å². The predicted octanol–water partition coefficient (Wildman–Crippen LogP) is 3.38. The number of benzene rings is 3. The fraction of sp³-hybridized carbons (Fsp3) is 0.280. The smallest absolute Gasteiger partial charge is 0.264 e. The van der Waals surface area contributed by atoms with Gasteiger partial charge in [0.15, 0.2) is 0 Å². The minimum absolute atomic E-state index is 0.0342. The second kappa shape index (κ2) is 10.5. The van der Waals surface area contributed by atoms with E-state index in [-0.39, 0.29) is 11.3 Å². The third kappa shape index (κ3) is 5.70. The third-order valence-electron chi connectivity index (χ3n) is 5.55. The predicted molar refractivity (Wildman–Crippen MR) is 127 cm³/mol. The first kappa shape index (κ1) is 24.3. The van der Waals surface area contributed by atoms with Crippen LogP contribution in [0.2, 0.25) is 0 Å². The second-order valence-electron chi connectivity index (χ2n) is 7.59. The SMILES string of the molecule is CCN(CC)C(=O)C(Cc1ccc(OC)cc1)C(=O)NS(=O)(=O)c1ccc2ccccc2c1. The number of fused-ring (bicyclic) bond motifs is 1. The second-order valence-corrected chi connectivity index (χ2v) is 9.28. The molecule has 0 bridgehead atoms. The first-order valence-electron chi connectivity index (χ1n) is 10.8. The average molecular weight is 469 g/mol. The van der Waals surface area contributed by atoms with Crippen LogP contribution >= 0.6 is 0 Å². The van der Waals surface area contributed by atoms with Crippen molar-refractivity contribution >= 4 is 32.6 Å². The van der Waals surface area contributed by atoms with Gasteiger partial charge >= 0.3 is 0 Å². The summed E-state index contributed by atoms with van der Waals surface area (Å²) in [5.41, 5.74) is 0.722. The molecule has 0 aliphatic carbocycles. The van der Waals surface area contributed by atoms with Gasteiger partial charge in [-0.1, -0.05) is 42.5 Å². The number of carbonyl (C=O) groups is 2. The fourth-order valence-corrected chi connectivity index (χ4v) is 4.70. The molecular weight excluding hydrogens is 440 g/mol. The topological polar surface area (TPSA) is 92.8 Å². The molecule has 0 aromatic heterocycles. The van der Waals surface area contributed by atoms with Crippen molar-refractivity contribution in [1.82, 2.24) is 9.62 Å². The Balaban J connectivity index is 1.89. The van der Waals surface area contributed by atoms with Crippen molar-refractivity contribution in [2.75, 3.05) is 20.2 Å². The minimum Gasteiger partial charge on any atom is -0.497 e. The number of methoxy groups -OCH3 is 1. The van der Waals surface area contributed by atoms with Gasteiger partial charge in [-0.15, -0.1) is 0 Å². The maximum atomic E-state index is 13.1. The summed E-state index contributed by atoms with van der Waals surface area (Å²) in [6.07, 6.45) is 0.0679. The Labute approximate surface area is 194 Å². The molecule has 0 saturated carbocycles. The molecule has 0 heterocycles. The third-order valence-corrected chi connectivity index (χ3v) is 6.90. The van der Waals surface area contributed by atoms with Gasteiger partial charge < -0.3 is 9.64 Å². The lowest BCUT2D eigenvalue weighted by atomic mass is 9.97. The number of rotatable bonds is 9. The molecule has 0 aliphatic rings. The molecule has 0 spiro atoms. The summed E-state index contributed by atoms with van der Waals surface area (Å²) in [6.45, 7) is 4.46. The van der Waals surface area contributed by atoms with Crippen LogP contribution in [-0.2, 0) is 26.0 Å². The van der Waals surface area contributed by atoms with Crippen LogP contribution in [0.15, 0.2) is 71.6 Å². The van der Waals surface area contributed by atoms with Gasteiger partial charge in [0.1, 0.15) is 11.7 Å². The summed E-state index contributed by atoms with van der Waals surface area (Å²) in [6, 6.07) is 19.0. The lowest BCUT2D eigenvalue weighted by Crippen LogP contribution is -2.46. The minimum atomic E-state index is -4.16. The Kier molecular flexibility index (Phi) is 7.71. The number of hydrogen-bond acceptors (Lipinski definition) is 5. The van der Waals surface area contributed by atoms with Gasteiger partial charge in [0.25, 0.3) is 10.0 Å². The quantitative estimate of drug-likeness (QED) is 0.486. The molecule has 1 atom stereocenters. The first-order chi connectivity index (χ1) is 15.8. The summed E-state index contributed by atoms with van der Waals surface area (Å²) in [5, 5.41) is 1.62. The summed E-state index contributed by atoms with van der Waals surface area (Å²) < 4.78 is 33.2. The molecule has 1 unspecified atom stereocenters. The number of hydrogen-bond donors (Lipinski definition) is 1. The van der Waals surface area contributed by atoms with Crippen molar-refractivity contribution < 1.29 is 22.7 Å². The highest BCUT2D eigenvalue weighted by Gasteiger charge is 2.33. The van der Waals surface area contributed by atoms with E-state index in [1.165, 1.54) is 17.0 Å². The molecule has 0 aliphatic heterocycles. The van der Waals surface area contributed by atoms with Crippen LogP contribution in [-0.4, -0.2) is 45.3 Å². The summed E-state index contributed by atoms with van der Waals surface area (Å²) in [4.78, 5) is 27.7. The maximum Gasteiger partial charge on any atom is 0.264 e. The monoisotopic (exact) mass is 468 g/mol. The Hall–Kier alpha value is -3.39. The zero-order valence-corrected chi connectivity index (χ0v) is 19.8. The van der Waals surface area contributed by atoms with Crippen molar-refractivity contribution in [1.29, 1.82) is 0 Å². The Morgan fingerprint density at radius 1 is 0.939 bits per heavy atom. The molecule has 3 rings (SSSR count).